The Morgan fingerprint density at radius 2 is 2.06 bits per heavy atom. The van der Waals surface area contributed by atoms with E-state index in [0.29, 0.717) is 6.42 Å². The normalized spacial score (nSPS) is 10.1. The maximum absolute atomic E-state index is 11.4. The Hall–Kier alpha value is -1.00. The van der Waals surface area contributed by atoms with Crippen LogP contribution in [-0.2, 0) is 9.63 Å². The molecular formula is C12H17NO2S. The van der Waals surface area contributed by atoms with Crippen molar-refractivity contribution in [3.8, 4) is 0 Å². The van der Waals surface area contributed by atoms with Crippen molar-refractivity contribution in [3.05, 3.63) is 30.3 Å². The molecule has 0 atom stereocenters. The fraction of sp³-hybridized carbons (Fsp3) is 0.417. The summed E-state index contributed by atoms with van der Waals surface area (Å²) in [5.41, 5.74) is 0. The number of rotatable bonds is 6. The number of benzene rings is 1. The Balaban J connectivity index is 2.15. The summed E-state index contributed by atoms with van der Waals surface area (Å²) in [6.45, 7) is 0. The first-order valence-electron chi connectivity index (χ1n) is 5.22. The molecule has 0 unspecified atom stereocenters. The smallest absolute Gasteiger partial charge is 0.245 e. The van der Waals surface area contributed by atoms with E-state index in [2.05, 4.69) is 12.1 Å². The predicted molar refractivity (Wildman–Crippen MR) is 66.2 cm³/mol. The highest BCUT2D eigenvalue weighted by Gasteiger charge is 2.06. The third-order valence-electron chi connectivity index (χ3n) is 2.17. The maximum Gasteiger partial charge on any atom is 0.245 e. The second-order valence-corrected chi connectivity index (χ2v) is 4.51. The maximum atomic E-state index is 11.4. The Morgan fingerprint density at radius 1 is 1.38 bits per heavy atom. The van der Waals surface area contributed by atoms with Crippen LogP contribution in [-0.4, -0.2) is 30.9 Å². The van der Waals surface area contributed by atoms with Crippen LogP contribution in [0.5, 0.6) is 0 Å². The van der Waals surface area contributed by atoms with E-state index in [1.54, 1.807) is 18.8 Å². The van der Waals surface area contributed by atoms with Crippen LogP contribution in [0.2, 0.25) is 0 Å². The number of carbonyl (C=O) groups is 1. The molecule has 0 aliphatic heterocycles. The zero-order valence-electron chi connectivity index (χ0n) is 9.68. The van der Waals surface area contributed by atoms with Crippen LogP contribution < -0.4 is 0 Å². The number of hydrogen-bond acceptors (Lipinski definition) is 3. The molecule has 3 nitrogen and oxygen atoms in total. The summed E-state index contributed by atoms with van der Waals surface area (Å²) in [5.74, 6) is 0.976. The van der Waals surface area contributed by atoms with Crippen LogP contribution in [0.15, 0.2) is 35.2 Å². The standard InChI is InChI=1S/C12H17NO2S/c1-13(15-2)12(14)9-6-10-16-11-7-4-3-5-8-11/h3-5,7-8H,6,9-10H2,1-2H3. The molecule has 0 spiro atoms. The van der Waals surface area contributed by atoms with Gasteiger partial charge >= 0.3 is 0 Å². The monoisotopic (exact) mass is 239 g/mol. The summed E-state index contributed by atoms with van der Waals surface area (Å²) in [7, 11) is 3.13. The molecule has 88 valence electrons. The van der Waals surface area contributed by atoms with Crippen LogP contribution in [0, 0.1) is 0 Å². The van der Waals surface area contributed by atoms with Crippen LogP contribution >= 0.6 is 11.8 Å². The van der Waals surface area contributed by atoms with Gasteiger partial charge in [0, 0.05) is 18.4 Å². The second kappa shape index (κ2) is 7.30. The van der Waals surface area contributed by atoms with Crippen molar-refractivity contribution in [2.24, 2.45) is 0 Å². The largest absolute Gasteiger partial charge is 0.275 e. The highest BCUT2D eigenvalue weighted by Crippen LogP contribution is 2.18. The SMILES string of the molecule is CON(C)C(=O)CCCSc1ccccc1. The molecule has 0 aromatic heterocycles. The van der Waals surface area contributed by atoms with Crippen molar-refractivity contribution in [1.82, 2.24) is 5.06 Å². The number of hydrogen-bond donors (Lipinski definition) is 0. The third-order valence-corrected chi connectivity index (χ3v) is 3.27. The first-order chi connectivity index (χ1) is 7.74. The van der Waals surface area contributed by atoms with Crippen molar-refractivity contribution >= 4 is 17.7 Å². The molecule has 1 amide bonds. The van der Waals surface area contributed by atoms with Gasteiger partial charge in [-0.25, -0.2) is 5.06 Å². The molecule has 4 heteroatoms. The quantitative estimate of drug-likeness (QED) is 0.434. The zero-order valence-corrected chi connectivity index (χ0v) is 10.5. The average molecular weight is 239 g/mol. The summed E-state index contributed by atoms with van der Waals surface area (Å²) in [4.78, 5) is 17.4. The van der Waals surface area contributed by atoms with Crippen molar-refractivity contribution in [2.45, 2.75) is 17.7 Å². The summed E-state index contributed by atoms with van der Waals surface area (Å²) in [6.07, 6.45) is 1.40. The van der Waals surface area contributed by atoms with Gasteiger partial charge in [0.25, 0.3) is 0 Å². The van der Waals surface area contributed by atoms with Gasteiger partial charge in [-0.1, -0.05) is 18.2 Å². The van der Waals surface area contributed by atoms with Gasteiger partial charge in [-0.15, -0.1) is 11.8 Å². The van der Waals surface area contributed by atoms with E-state index in [0.717, 1.165) is 12.2 Å². The summed E-state index contributed by atoms with van der Waals surface area (Å²) in [5, 5.41) is 1.27. The fourth-order valence-electron chi connectivity index (χ4n) is 1.19. The van der Waals surface area contributed by atoms with Crippen LogP contribution in [0.1, 0.15) is 12.8 Å². The number of hydroxylamine groups is 2. The molecule has 1 aromatic carbocycles. The first-order valence-corrected chi connectivity index (χ1v) is 6.21. The lowest BCUT2D eigenvalue weighted by molar-refractivity contribution is -0.168. The Bertz CT molecular complexity index is 316. The summed E-state index contributed by atoms with van der Waals surface area (Å²) < 4.78 is 0. The van der Waals surface area contributed by atoms with E-state index in [1.807, 2.05) is 18.2 Å². The van der Waals surface area contributed by atoms with Gasteiger partial charge in [0.05, 0.1) is 7.11 Å². The molecule has 1 rings (SSSR count). The summed E-state index contributed by atoms with van der Waals surface area (Å²) in [6, 6.07) is 10.2. The van der Waals surface area contributed by atoms with Crippen molar-refractivity contribution in [1.29, 1.82) is 0 Å². The van der Waals surface area contributed by atoms with E-state index >= 15 is 0 Å². The number of amides is 1. The van der Waals surface area contributed by atoms with E-state index in [9.17, 15) is 4.79 Å². The Morgan fingerprint density at radius 3 is 2.69 bits per heavy atom. The second-order valence-electron chi connectivity index (χ2n) is 3.34. The van der Waals surface area contributed by atoms with Gasteiger partial charge in [-0.2, -0.15) is 0 Å². The molecule has 0 radical (unpaired) electrons. The minimum Gasteiger partial charge on any atom is -0.275 e. The Kier molecular flexibility index (Phi) is 5.96. The van der Waals surface area contributed by atoms with Gasteiger partial charge in [-0.05, 0) is 24.3 Å². The predicted octanol–water partition coefficient (Wildman–Crippen LogP) is 2.58. The molecule has 0 aliphatic carbocycles. The number of thioether (sulfide) groups is 1. The van der Waals surface area contributed by atoms with E-state index in [-0.39, 0.29) is 5.91 Å². The fourth-order valence-corrected chi connectivity index (χ4v) is 2.06. The minimum absolute atomic E-state index is 0.0242. The average Bonchev–Trinajstić information content (AvgIpc) is 2.34. The van der Waals surface area contributed by atoms with E-state index < -0.39 is 0 Å². The molecule has 0 saturated heterocycles. The molecule has 0 N–H and O–H groups in total. The topological polar surface area (TPSA) is 29.5 Å². The Labute approximate surface area is 101 Å². The summed E-state index contributed by atoms with van der Waals surface area (Å²) >= 11 is 1.77. The lowest BCUT2D eigenvalue weighted by Crippen LogP contribution is -2.25. The number of carbonyl (C=O) groups excluding carboxylic acids is 1. The van der Waals surface area contributed by atoms with E-state index in [4.69, 9.17) is 4.84 Å². The van der Waals surface area contributed by atoms with Gasteiger partial charge in [0.2, 0.25) is 5.91 Å². The lowest BCUT2D eigenvalue weighted by Gasteiger charge is -2.12. The van der Waals surface area contributed by atoms with Gasteiger partial charge < -0.3 is 0 Å². The van der Waals surface area contributed by atoms with Gasteiger partial charge in [0.15, 0.2) is 0 Å². The van der Waals surface area contributed by atoms with Crippen LogP contribution in [0.25, 0.3) is 0 Å². The molecular weight excluding hydrogens is 222 g/mol. The molecule has 0 saturated carbocycles. The zero-order chi connectivity index (χ0) is 11.8. The van der Waals surface area contributed by atoms with Crippen molar-refractivity contribution < 1.29 is 9.63 Å². The molecule has 1 aromatic rings. The van der Waals surface area contributed by atoms with Crippen molar-refractivity contribution in [3.63, 3.8) is 0 Å². The highest BCUT2D eigenvalue weighted by atomic mass is 32.2. The van der Waals surface area contributed by atoms with Gasteiger partial charge in [0.1, 0.15) is 0 Å². The van der Waals surface area contributed by atoms with Crippen molar-refractivity contribution in [2.75, 3.05) is 19.9 Å². The van der Waals surface area contributed by atoms with E-state index in [1.165, 1.54) is 17.1 Å². The first kappa shape index (κ1) is 13.1. The van der Waals surface area contributed by atoms with Gasteiger partial charge in [-0.3, -0.25) is 9.63 Å². The van der Waals surface area contributed by atoms with Crippen LogP contribution in [0.4, 0.5) is 0 Å². The lowest BCUT2D eigenvalue weighted by atomic mass is 10.3. The molecule has 0 fully saturated rings. The molecule has 0 aliphatic rings. The molecule has 16 heavy (non-hydrogen) atoms. The molecule has 0 heterocycles. The number of nitrogens with zero attached hydrogens (tertiary/aromatic N) is 1. The molecule has 0 bridgehead atoms. The van der Waals surface area contributed by atoms with Crippen LogP contribution in [0.3, 0.4) is 0 Å². The third kappa shape index (κ3) is 4.68. The minimum atomic E-state index is 0.0242. The highest BCUT2D eigenvalue weighted by molar-refractivity contribution is 7.99.